The standard InChI is InChI=1S/C14H12N4O3/c1-9-16-12(18-21-9)7-15-13(19)11-8-20-14(17-11)10-5-3-2-4-6-10/h2-6,8H,7H2,1H3,(H,15,19). The summed E-state index contributed by atoms with van der Waals surface area (Å²) in [6.45, 7) is 1.85. The molecule has 106 valence electrons. The van der Waals surface area contributed by atoms with E-state index in [2.05, 4.69) is 20.4 Å². The highest BCUT2D eigenvalue weighted by molar-refractivity contribution is 5.92. The molecule has 2 aromatic heterocycles. The zero-order chi connectivity index (χ0) is 14.7. The summed E-state index contributed by atoms with van der Waals surface area (Å²) in [7, 11) is 0. The summed E-state index contributed by atoms with van der Waals surface area (Å²) in [5.74, 6) is 0.902. The Morgan fingerprint density at radius 1 is 1.24 bits per heavy atom. The number of carbonyl (C=O) groups is 1. The maximum atomic E-state index is 11.9. The highest BCUT2D eigenvalue weighted by atomic mass is 16.5. The van der Waals surface area contributed by atoms with E-state index in [0.29, 0.717) is 17.6 Å². The van der Waals surface area contributed by atoms with Gasteiger partial charge in [-0.05, 0) is 12.1 Å². The Morgan fingerprint density at radius 3 is 2.76 bits per heavy atom. The van der Waals surface area contributed by atoms with Crippen molar-refractivity contribution in [2.75, 3.05) is 0 Å². The predicted octanol–water partition coefficient (Wildman–Crippen LogP) is 1.96. The Bertz CT molecular complexity index is 748. The van der Waals surface area contributed by atoms with E-state index in [0.717, 1.165) is 5.56 Å². The Kier molecular flexibility index (Phi) is 3.46. The number of nitrogens with zero attached hydrogens (tertiary/aromatic N) is 3. The highest BCUT2D eigenvalue weighted by Crippen LogP contribution is 2.17. The van der Waals surface area contributed by atoms with Crippen LogP contribution in [0, 0.1) is 6.92 Å². The molecular weight excluding hydrogens is 272 g/mol. The average Bonchev–Trinajstić information content (AvgIpc) is 3.15. The van der Waals surface area contributed by atoms with Gasteiger partial charge in [0.05, 0.1) is 6.54 Å². The lowest BCUT2D eigenvalue weighted by molar-refractivity contribution is 0.0944. The van der Waals surface area contributed by atoms with Gasteiger partial charge >= 0.3 is 0 Å². The minimum Gasteiger partial charge on any atom is -0.444 e. The third-order valence-corrected chi connectivity index (χ3v) is 2.73. The number of aromatic nitrogens is 3. The van der Waals surface area contributed by atoms with Gasteiger partial charge in [0, 0.05) is 12.5 Å². The van der Waals surface area contributed by atoms with E-state index in [-0.39, 0.29) is 18.1 Å². The Labute approximate surface area is 120 Å². The molecule has 7 heteroatoms. The number of hydrogen-bond acceptors (Lipinski definition) is 6. The monoisotopic (exact) mass is 284 g/mol. The first-order chi connectivity index (χ1) is 10.2. The van der Waals surface area contributed by atoms with Crippen molar-refractivity contribution in [1.29, 1.82) is 0 Å². The molecule has 0 unspecified atom stereocenters. The van der Waals surface area contributed by atoms with E-state index >= 15 is 0 Å². The van der Waals surface area contributed by atoms with E-state index in [1.807, 2.05) is 30.3 Å². The lowest BCUT2D eigenvalue weighted by atomic mass is 10.2. The summed E-state index contributed by atoms with van der Waals surface area (Å²) in [6, 6.07) is 9.36. The van der Waals surface area contributed by atoms with Crippen LogP contribution in [0.3, 0.4) is 0 Å². The van der Waals surface area contributed by atoms with Gasteiger partial charge in [0.25, 0.3) is 5.91 Å². The maximum absolute atomic E-state index is 11.9. The first-order valence-electron chi connectivity index (χ1n) is 6.31. The zero-order valence-corrected chi connectivity index (χ0v) is 11.2. The lowest BCUT2D eigenvalue weighted by Gasteiger charge is -1.97. The van der Waals surface area contributed by atoms with Crippen LogP contribution in [0.2, 0.25) is 0 Å². The van der Waals surface area contributed by atoms with E-state index < -0.39 is 0 Å². The molecule has 0 aliphatic rings. The van der Waals surface area contributed by atoms with Gasteiger partial charge < -0.3 is 14.3 Å². The molecule has 21 heavy (non-hydrogen) atoms. The lowest BCUT2D eigenvalue weighted by Crippen LogP contribution is -2.23. The van der Waals surface area contributed by atoms with Crippen LogP contribution in [0.1, 0.15) is 22.2 Å². The quantitative estimate of drug-likeness (QED) is 0.787. The third kappa shape index (κ3) is 2.97. The molecule has 1 aromatic carbocycles. The molecule has 3 aromatic rings. The number of aryl methyl sites for hydroxylation is 1. The zero-order valence-electron chi connectivity index (χ0n) is 11.2. The number of benzene rings is 1. The second-order valence-corrected chi connectivity index (χ2v) is 4.32. The predicted molar refractivity (Wildman–Crippen MR) is 72.1 cm³/mol. The maximum Gasteiger partial charge on any atom is 0.273 e. The van der Waals surface area contributed by atoms with E-state index in [1.54, 1.807) is 6.92 Å². The van der Waals surface area contributed by atoms with Crippen LogP contribution < -0.4 is 5.32 Å². The van der Waals surface area contributed by atoms with Gasteiger partial charge in [0.1, 0.15) is 6.26 Å². The fraction of sp³-hybridized carbons (Fsp3) is 0.143. The molecule has 3 rings (SSSR count). The summed E-state index contributed by atoms with van der Waals surface area (Å²) in [4.78, 5) is 20.1. The minimum atomic E-state index is -0.358. The molecule has 0 radical (unpaired) electrons. The fourth-order valence-electron chi connectivity index (χ4n) is 1.75. The smallest absolute Gasteiger partial charge is 0.273 e. The molecule has 0 saturated heterocycles. The molecule has 1 amide bonds. The van der Waals surface area contributed by atoms with Crippen molar-refractivity contribution in [2.45, 2.75) is 13.5 Å². The number of carbonyl (C=O) groups excluding carboxylic acids is 1. The van der Waals surface area contributed by atoms with E-state index in [1.165, 1.54) is 6.26 Å². The van der Waals surface area contributed by atoms with Gasteiger partial charge in [-0.3, -0.25) is 4.79 Å². The van der Waals surface area contributed by atoms with E-state index in [4.69, 9.17) is 8.94 Å². The molecule has 0 spiro atoms. The SMILES string of the molecule is Cc1nc(CNC(=O)c2coc(-c3ccccc3)n2)no1. The van der Waals surface area contributed by atoms with E-state index in [9.17, 15) is 4.79 Å². The summed E-state index contributed by atoms with van der Waals surface area (Å²) in [5, 5.41) is 6.34. The van der Waals surface area contributed by atoms with Crippen molar-refractivity contribution in [3.8, 4) is 11.5 Å². The molecule has 0 bridgehead atoms. The van der Waals surface area contributed by atoms with Gasteiger partial charge in [0.2, 0.25) is 11.8 Å². The van der Waals surface area contributed by atoms with Crippen molar-refractivity contribution in [2.24, 2.45) is 0 Å². The number of oxazole rings is 1. The number of hydrogen-bond donors (Lipinski definition) is 1. The molecule has 0 fully saturated rings. The van der Waals surface area contributed by atoms with Gasteiger partial charge in [-0.2, -0.15) is 4.98 Å². The van der Waals surface area contributed by atoms with Gasteiger partial charge in [0.15, 0.2) is 11.5 Å². The molecule has 1 N–H and O–H groups in total. The van der Waals surface area contributed by atoms with Crippen LogP contribution in [0.5, 0.6) is 0 Å². The highest BCUT2D eigenvalue weighted by Gasteiger charge is 2.14. The second kappa shape index (κ2) is 5.58. The van der Waals surface area contributed by atoms with Crippen LogP contribution in [0.25, 0.3) is 11.5 Å². The number of rotatable bonds is 4. The summed E-state index contributed by atoms with van der Waals surface area (Å²) in [5.41, 5.74) is 1.01. The molecule has 7 nitrogen and oxygen atoms in total. The summed E-state index contributed by atoms with van der Waals surface area (Å²) in [6.07, 6.45) is 1.32. The molecule has 0 aliphatic heterocycles. The first kappa shape index (κ1) is 13.0. The number of amides is 1. The Balaban J connectivity index is 1.67. The van der Waals surface area contributed by atoms with Crippen LogP contribution in [0.15, 0.2) is 45.5 Å². The summed E-state index contributed by atoms with van der Waals surface area (Å²) < 4.78 is 10.1. The van der Waals surface area contributed by atoms with Gasteiger partial charge in [-0.1, -0.05) is 23.4 Å². The molecule has 0 aliphatic carbocycles. The Morgan fingerprint density at radius 2 is 2.05 bits per heavy atom. The van der Waals surface area contributed by atoms with Crippen molar-refractivity contribution >= 4 is 5.91 Å². The van der Waals surface area contributed by atoms with Gasteiger partial charge in [-0.25, -0.2) is 4.98 Å². The molecule has 0 saturated carbocycles. The van der Waals surface area contributed by atoms with Crippen molar-refractivity contribution in [3.63, 3.8) is 0 Å². The molecule has 2 heterocycles. The second-order valence-electron chi connectivity index (χ2n) is 4.32. The third-order valence-electron chi connectivity index (χ3n) is 2.73. The van der Waals surface area contributed by atoms with Crippen molar-refractivity contribution in [1.82, 2.24) is 20.4 Å². The average molecular weight is 284 g/mol. The van der Waals surface area contributed by atoms with Crippen molar-refractivity contribution in [3.05, 3.63) is 54.0 Å². The number of nitrogens with one attached hydrogen (secondary N) is 1. The first-order valence-corrected chi connectivity index (χ1v) is 6.31. The van der Waals surface area contributed by atoms with Crippen LogP contribution in [-0.4, -0.2) is 21.0 Å². The van der Waals surface area contributed by atoms with Crippen molar-refractivity contribution < 1.29 is 13.7 Å². The fourth-order valence-corrected chi connectivity index (χ4v) is 1.75. The molecule has 0 atom stereocenters. The van der Waals surface area contributed by atoms with Crippen LogP contribution in [-0.2, 0) is 6.54 Å². The topological polar surface area (TPSA) is 94.1 Å². The minimum absolute atomic E-state index is 0.170. The van der Waals surface area contributed by atoms with Crippen LogP contribution >= 0.6 is 0 Å². The van der Waals surface area contributed by atoms with Crippen LogP contribution in [0.4, 0.5) is 0 Å². The normalized spacial score (nSPS) is 10.5. The molecular formula is C14H12N4O3. The summed E-state index contributed by atoms with van der Waals surface area (Å²) >= 11 is 0. The van der Waals surface area contributed by atoms with Gasteiger partial charge in [-0.15, -0.1) is 0 Å². The largest absolute Gasteiger partial charge is 0.444 e. The Hall–Kier alpha value is -2.96.